The highest BCUT2D eigenvalue weighted by molar-refractivity contribution is 5.28. The normalized spacial score (nSPS) is 12.4. The van der Waals surface area contributed by atoms with Gasteiger partial charge in [-0.25, -0.2) is 0 Å². The van der Waals surface area contributed by atoms with Crippen LogP contribution in [0.25, 0.3) is 0 Å². The van der Waals surface area contributed by atoms with Gasteiger partial charge in [-0.3, -0.25) is 0 Å². The van der Waals surface area contributed by atoms with E-state index < -0.39 is 0 Å². The van der Waals surface area contributed by atoms with Gasteiger partial charge in [0, 0.05) is 13.7 Å². The number of rotatable bonds is 9. The Kier molecular flexibility index (Phi) is 7.41. The van der Waals surface area contributed by atoms with E-state index in [0.717, 1.165) is 24.4 Å². The number of ether oxygens (including phenoxy) is 3. The van der Waals surface area contributed by atoms with Gasteiger partial charge in [0.2, 0.25) is 0 Å². The molecule has 0 bridgehead atoms. The summed E-state index contributed by atoms with van der Waals surface area (Å²) < 4.78 is 16.0. The van der Waals surface area contributed by atoms with Crippen LogP contribution >= 0.6 is 0 Å². The molecule has 0 aliphatic rings. The third-order valence-electron chi connectivity index (χ3n) is 2.67. The second kappa shape index (κ2) is 8.91. The zero-order chi connectivity index (χ0) is 13.2. The summed E-state index contributed by atoms with van der Waals surface area (Å²) in [5.74, 6) is 0.859. The lowest BCUT2D eigenvalue weighted by atomic mass is 10.1. The maximum atomic E-state index is 5.82. The Hall–Kier alpha value is -1.10. The van der Waals surface area contributed by atoms with Crippen molar-refractivity contribution in [1.29, 1.82) is 0 Å². The van der Waals surface area contributed by atoms with Crippen molar-refractivity contribution in [2.75, 3.05) is 40.5 Å². The molecule has 18 heavy (non-hydrogen) atoms. The molecule has 1 N–H and O–H groups in total. The molecule has 0 aliphatic heterocycles. The molecule has 0 fully saturated rings. The van der Waals surface area contributed by atoms with Crippen molar-refractivity contribution in [2.24, 2.45) is 0 Å². The van der Waals surface area contributed by atoms with Crippen molar-refractivity contribution in [3.63, 3.8) is 0 Å². The molecule has 0 saturated carbocycles. The van der Waals surface area contributed by atoms with Gasteiger partial charge in [0.05, 0.1) is 26.4 Å². The van der Waals surface area contributed by atoms with E-state index in [9.17, 15) is 0 Å². The predicted octanol–water partition coefficient (Wildman–Crippen LogP) is 2.01. The van der Waals surface area contributed by atoms with E-state index in [1.54, 1.807) is 14.2 Å². The van der Waals surface area contributed by atoms with Crippen LogP contribution in [-0.4, -0.2) is 40.5 Å². The van der Waals surface area contributed by atoms with E-state index in [2.05, 4.69) is 12.2 Å². The quantitative estimate of drug-likeness (QED) is 0.683. The summed E-state index contributed by atoms with van der Waals surface area (Å²) >= 11 is 0. The SMILES string of the molecule is CCNCC(OCCOC)c1ccc(OC)cc1. The minimum atomic E-state index is 0.0472. The zero-order valence-corrected chi connectivity index (χ0v) is 11.4. The van der Waals surface area contributed by atoms with E-state index in [4.69, 9.17) is 14.2 Å². The molecule has 0 saturated heterocycles. The molecule has 0 aliphatic carbocycles. The van der Waals surface area contributed by atoms with Crippen LogP contribution in [0.2, 0.25) is 0 Å². The zero-order valence-electron chi connectivity index (χ0n) is 11.4. The number of hydrogen-bond acceptors (Lipinski definition) is 4. The monoisotopic (exact) mass is 253 g/mol. The summed E-state index contributed by atoms with van der Waals surface area (Å²) in [7, 11) is 3.34. The molecule has 1 rings (SSSR count). The summed E-state index contributed by atoms with van der Waals surface area (Å²) in [4.78, 5) is 0. The summed E-state index contributed by atoms with van der Waals surface area (Å²) in [6.45, 7) is 5.02. The molecule has 0 amide bonds. The number of nitrogens with one attached hydrogen (secondary N) is 1. The Bertz CT molecular complexity index is 313. The fourth-order valence-electron chi connectivity index (χ4n) is 1.64. The van der Waals surface area contributed by atoms with Crippen molar-refractivity contribution in [3.05, 3.63) is 29.8 Å². The lowest BCUT2D eigenvalue weighted by Crippen LogP contribution is -2.24. The van der Waals surface area contributed by atoms with Gasteiger partial charge in [0.15, 0.2) is 0 Å². The molecule has 102 valence electrons. The van der Waals surface area contributed by atoms with Crippen LogP contribution in [0.4, 0.5) is 0 Å². The van der Waals surface area contributed by atoms with Crippen molar-refractivity contribution in [3.8, 4) is 5.75 Å². The Morgan fingerprint density at radius 1 is 1.11 bits per heavy atom. The fraction of sp³-hybridized carbons (Fsp3) is 0.571. The first-order valence-electron chi connectivity index (χ1n) is 6.27. The molecule has 1 atom stereocenters. The minimum absolute atomic E-state index is 0.0472. The molecule has 4 heteroatoms. The van der Waals surface area contributed by atoms with E-state index >= 15 is 0 Å². The van der Waals surface area contributed by atoms with Crippen LogP contribution in [0, 0.1) is 0 Å². The van der Waals surface area contributed by atoms with E-state index in [1.165, 1.54) is 0 Å². The molecule has 1 aromatic carbocycles. The van der Waals surface area contributed by atoms with Crippen LogP contribution in [-0.2, 0) is 9.47 Å². The Morgan fingerprint density at radius 2 is 1.83 bits per heavy atom. The largest absolute Gasteiger partial charge is 0.497 e. The van der Waals surface area contributed by atoms with Gasteiger partial charge in [-0.15, -0.1) is 0 Å². The molecule has 1 aromatic rings. The predicted molar refractivity (Wildman–Crippen MR) is 72.1 cm³/mol. The molecule has 4 nitrogen and oxygen atoms in total. The molecule has 0 radical (unpaired) electrons. The smallest absolute Gasteiger partial charge is 0.118 e. The van der Waals surface area contributed by atoms with Crippen LogP contribution in [0.15, 0.2) is 24.3 Å². The van der Waals surface area contributed by atoms with Crippen molar-refractivity contribution < 1.29 is 14.2 Å². The van der Waals surface area contributed by atoms with Gasteiger partial charge in [0.25, 0.3) is 0 Å². The van der Waals surface area contributed by atoms with Gasteiger partial charge < -0.3 is 19.5 Å². The third-order valence-corrected chi connectivity index (χ3v) is 2.67. The molecule has 0 heterocycles. The molecule has 0 aromatic heterocycles. The van der Waals surface area contributed by atoms with E-state index in [1.807, 2.05) is 24.3 Å². The first-order chi connectivity index (χ1) is 8.81. The van der Waals surface area contributed by atoms with Crippen LogP contribution < -0.4 is 10.1 Å². The highest BCUT2D eigenvalue weighted by Crippen LogP contribution is 2.20. The maximum absolute atomic E-state index is 5.82. The summed E-state index contributed by atoms with van der Waals surface area (Å²) in [6, 6.07) is 7.98. The average molecular weight is 253 g/mol. The minimum Gasteiger partial charge on any atom is -0.497 e. The summed E-state index contributed by atoms with van der Waals surface area (Å²) in [5, 5.41) is 3.31. The third kappa shape index (κ3) is 5.04. The Labute approximate surface area is 109 Å². The molecular formula is C14H23NO3. The standard InChI is InChI=1S/C14H23NO3/c1-4-15-11-14(18-10-9-16-2)12-5-7-13(17-3)8-6-12/h5-8,14-15H,4,9-11H2,1-3H3. The first-order valence-corrected chi connectivity index (χ1v) is 6.27. The second-order valence-electron chi connectivity index (χ2n) is 3.93. The van der Waals surface area contributed by atoms with Crippen molar-refractivity contribution in [1.82, 2.24) is 5.32 Å². The topological polar surface area (TPSA) is 39.7 Å². The number of methoxy groups -OCH3 is 2. The van der Waals surface area contributed by atoms with Crippen molar-refractivity contribution >= 4 is 0 Å². The van der Waals surface area contributed by atoms with Gasteiger partial charge in [0.1, 0.15) is 5.75 Å². The van der Waals surface area contributed by atoms with Crippen molar-refractivity contribution in [2.45, 2.75) is 13.0 Å². The van der Waals surface area contributed by atoms with Gasteiger partial charge in [-0.2, -0.15) is 0 Å². The Balaban J connectivity index is 2.60. The molecule has 1 unspecified atom stereocenters. The second-order valence-corrected chi connectivity index (χ2v) is 3.93. The van der Waals surface area contributed by atoms with Crippen LogP contribution in [0.1, 0.15) is 18.6 Å². The van der Waals surface area contributed by atoms with Gasteiger partial charge >= 0.3 is 0 Å². The van der Waals surface area contributed by atoms with Gasteiger partial charge in [-0.1, -0.05) is 19.1 Å². The Morgan fingerprint density at radius 3 is 2.39 bits per heavy atom. The van der Waals surface area contributed by atoms with E-state index in [0.29, 0.717) is 13.2 Å². The molecule has 0 spiro atoms. The number of likely N-dealkylation sites (N-methyl/N-ethyl adjacent to an activating group) is 1. The number of hydrogen-bond donors (Lipinski definition) is 1. The number of benzene rings is 1. The fourth-order valence-corrected chi connectivity index (χ4v) is 1.64. The maximum Gasteiger partial charge on any atom is 0.118 e. The van der Waals surface area contributed by atoms with Crippen LogP contribution in [0.3, 0.4) is 0 Å². The van der Waals surface area contributed by atoms with E-state index in [-0.39, 0.29) is 6.10 Å². The highest BCUT2D eigenvalue weighted by atomic mass is 16.5. The van der Waals surface area contributed by atoms with Gasteiger partial charge in [-0.05, 0) is 24.2 Å². The average Bonchev–Trinajstić information content (AvgIpc) is 2.43. The summed E-state index contributed by atoms with van der Waals surface area (Å²) in [5.41, 5.74) is 1.15. The lowest BCUT2D eigenvalue weighted by Gasteiger charge is -2.19. The summed E-state index contributed by atoms with van der Waals surface area (Å²) in [6.07, 6.45) is 0.0472. The highest BCUT2D eigenvalue weighted by Gasteiger charge is 2.11. The van der Waals surface area contributed by atoms with Crippen LogP contribution in [0.5, 0.6) is 5.75 Å². The lowest BCUT2D eigenvalue weighted by molar-refractivity contribution is 0.0168. The molecular weight excluding hydrogens is 230 g/mol. The first kappa shape index (κ1) is 15.0.